The van der Waals surface area contributed by atoms with E-state index in [2.05, 4.69) is 43.4 Å². The van der Waals surface area contributed by atoms with Gasteiger partial charge in [0, 0.05) is 19.1 Å². The van der Waals surface area contributed by atoms with Gasteiger partial charge in [-0.05, 0) is 38.7 Å². The second-order valence-corrected chi connectivity index (χ2v) is 4.59. The number of hydrogen-bond acceptors (Lipinski definition) is 4. The highest BCUT2D eigenvalue weighted by Gasteiger charge is 2.15. The maximum Gasteiger partial charge on any atom is 0.231 e. The molecule has 2 rings (SSSR count). The van der Waals surface area contributed by atoms with Crippen molar-refractivity contribution in [1.82, 2.24) is 10.2 Å². The molecule has 0 saturated carbocycles. The van der Waals surface area contributed by atoms with Crippen molar-refractivity contribution in [3.63, 3.8) is 0 Å². The molecule has 1 aromatic rings. The van der Waals surface area contributed by atoms with Gasteiger partial charge in [-0.25, -0.2) is 0 Å². The maximum absolute atomic E-state index is 5.37. The Morgan fingerprint density at radius 3 is 2.82 bits per heavy atom. The third-order valence-electron chi connectivity index (χ3n) is 2.91. The third-order valence-corrected chi connectivity index (χ3v) is 2.91. The van der Waals surface area contributed by atoms with Crippen LogP contribution in [0.3, 0.4) is 0 Å². The molecule has 0 radical (unpaired) electrons. The molecule has 0 fully saturated rings. The summed E-state index contributed by atoms with van der Waals surface area (Å²) >= 11 is 0. The molecule has 4 heteroatoms. The summed E-state index contributed by atoms with van der Waals surface area (Å²) in [5, 5.41) is 3.48. The molecular weight excluding hydrogens is 216 g/mol. The van der Waals surface area contributed by atoms with Gasteiger partial charge in [-0.3, -0.25) is 0 Å². The monoisotopic (exact) mass is 236 g/mol. The summed E-state index contributed by atoms with van der Waals surface area (Å²) < 4.78 is 10.7. The highest BCUT2D eigenvalue weighted by molar-refractivity contribution is 5.45. The normalized spacial score (nSPS) is 15.3. The first-order chi connectivity index (χ1) is 8.16. The topological polar surface area (TPSA) is 33.7 Å². The summed E-state index contributed by atoms with van der Waals surface area (Å²) in [6.45, 7) is 4.51. The second-order valence-electron chi connectivity index (χ2n) is 4.59. The molecule has 1 aliphatic rings. The minimum absolute atomic E-state index is 0.324. The molecule has 0 aliphatic carbocycles. The van der Waals surface area contributed by atoms with Crippen molar-refractivity contribution in [2.75, 3.05) is 34.0 Å². The lowest BCUT2D eigenvalue weighted by atomic mass is 10.1. The number of nitrogens with zero attached hydrogens (tertiary/aromatic N) is 1. The van der Waals surface area contributed by atoms with E-state index in [1.165, 1.54) is 5.56 Å². The highest BCUT2D eigenvalue weighted by atomic mass is 16.7. The average Bonchev–Trinajstić information content (AvgIpc) is 2.75. The zero-order valence-corrected chi connectivity index (χ0v) is 10.7. The smallest absolute Gasteiger partial charge is 0.231 e. The fourth-order valence-electron chi connectivity index (χ4n) is 1.80. The zero-order valence-electron chi connectivity index (χ0n) is 10.7. The third kappa shape index (κ3) is 3.11. The summed E-state index contributed by atoms with van der Waals surface area (Å²) in [7, 11) is 4.15. The van der Waals surface area contributed by atoms with Crippen LogP contribution in [-0.4, -0.2) is 38.9 Å². The number of likely N-dealkylation sites (N-methyl/N-ethyl adjacent to an activating group) is 1. The lowest BCUT2D eigenvalue weighted by molar-refractivity contribution is 0.174. The quantitative estimate of drug-likeness (QED) is 0.842. The number of hydrogen-bond donors (Lipinski definition) is 1. The van der Waals surface area contributed by atoms with E-state index in [0.717, 1.165) is 24.6 Å². The van der Waals surface area contributed by atoms with E-state index in [-0.39, 0.29) is 0 Å². The molecule has 0 bridgehead atoms. The molecular formula is C13H20N2O2. The molecule has 0 aromatic heterocycles. The van der Waals surface area contributed by atoms with Crippen LogP contribution in [0.15, 0.2) is 18.2 Å². The molecule has 0 amide bonds. The molecule has 1 aromatic carbocycles. The minimum Gasteiger partial charge on any atom is -0.454 e. The van der Waals surface area contributed by atoms with Crippen LogP contribution in [-0.2, 0) is 0 Å². The minimum atomic E-state index is 0.324. The van der Waals surface area contributed by atoms with E-state index < -0.39 is 0 Å². The number of nitrogens with one attached hydrogen (secondary N) is 1. The molecule has 94 valence electrons. The van der Waals surface area contributed by atoms with Crippen molar-refractivity contribution in [2.45, 2.75) is 13.0 Å². The van der Waals surface area contributed by atoms with E-state index in [4.69, 9.17) is 9.47 Å². The fraction of sp³-hybridized carbons (Fsp3) is 0.538. The molecule has 1 heterocycles. The highest BCUT2D eigenvalue weighted by Crippen LogP contribution is 2.33. The predicted molar refractivity (Wildman–Crippen MR) is 67.5 cm³/mol. The van der Waals surface area contributed by atoms with Crippen molar-refractivity contribution in [1.29, 1.82) is 0 Å². The first kappa shape index (κ1) is 12.2. The molecule has 1 unspecified atom stereocenters. The molecule has 1 atom stereocenters. The van der Waals surface area contributed by atoms with Gasteiger partial charge in [0.15, 0.2) is 11.5 Å². The van der Waals surface area contributed by atoms with E-state index in [1.54, 1.807) is 0 Å². The first-order valence-electron chi connectivity index (χ1n) is 5.94. The summed E-state index contributed by atoms with van der Waals surface area (Å²) in [6, 6.07) is 6.43. The van der Waals surface area contributed by atoms with Gasteiger partial charge in [0.1, 0.15) is 0 Å². The van der Waals surface area contributed by atoms with Gasteiger partial charge in [0.25, 0.3) is 0 Å². The number of fused-ring (bicyclic) bond motifs is 1. The van der Waals surface area contributed by atoms with Gasteiger partial charge in [-0.15, -0.1) is 0 Å². The molecule has 0 spiro atoms. The number of benzene rings is 1. The fourth-order valence-corrected chi connectivity index (χ4v) is 1.80. The summed E-state index contributed by atoms with van der Waals surface area (Å²) in [4.78, 5) is 2.17. The van der Waals surface area contributed by atoms with Crippen LogP contribution in [0.25, 0.3) is 0 Å². The van der Waals surface area contributed by atoms with Crippen molar-refractivity contribution >= 4 is 0 Å². The Morgan fingerprint density at radius 1 is 1.29 bits per heavy atom. The van der Waals surface area contributed by atoms with Crippen LogP contribution in [0.2, 0.25) is 0 Å². The lowest BCUT2D eigenvalue weighted by Crippen LogP contribution is -2.28. The Labute approximate surface area is 103 Å². The Bertz CT molecular complexity index is 380. The van der Waals surface area contributed by atoms with Gasteiger partial charge in [0.05, 0.1) is 0 Å². The van der Waals surface area contributed by atoms with Gasteiger partial charge in [-0.2, -0.15) is 0 Å². The zero-order chi connectivity index (χ0) is 12.3. The van der Waals surface area contributed by atoms with Gasteiger partial charge < -0.3 is 19.7 Å². The van der Waals surface area contributed by atoms with E-state index in [9.17, 15) is 0 Å². The standard InChI is InChI=1S/C13H20N2O2/c1-10(14-6-7-15(2)3)11-4-5-12-13(8-11)17-9-16-12/h4-5,8,10,14H,6-7,9H2,1-3H3. The number of rotatable bonds is 5. The first-order valence-corrected chi connectivity index (χ1v) is 5.94. The summed E-state index contributed by atoms with van der Waals surface area (Å²) in [5.74, 6) is 1.69. The molecule has 17 heavy (non-hydrogen) atoms. The maximum atomic E-state index is 5.37. The molecule has 1 N–H and O–H groups in total. The molecule has 1 aliphatic heterocycles. The van der Waals surface area contributed by atoms with Crippen molar-refractivity contribution in [3.05, 3.63) is 23.8 Å². The van der Waals surface area contributed by atoms with Crippen LogP contribution in [0.1, 0.15) is 18.5 Å². The Balaban J connectivity index is 1.92. The molecule has 0 saturated heterocycles. The van der Waals surface area contributed by atoms with Crippen LogP contribution in [0, 0.1) is 0 Å². The SMILES string of the molecule is CC(NCCN(C)C)c1ccc2c(c1)OCO2. The predicted octanol–water partition coefficient (Wildman–Crippen LogP) is 1.63. The van der Waals surface area contributed by atoms with Gasteiger partial charge in [0.2, 0.25) is 6.79 Å². The average molecular weight is 236 g/mol. The van der Waals surface area contributed by atoms with Crippen LogP contribution >= 0.6 is 0 Å². The van der Waals surface area contributed by atoms with Gasteiger partial charge >= 0.3 is 0 Å². The van der Waals surface area contributed by atoms with Crippen LogP contribution in [0.5, 0.6) is 11.5 Å². The van der Waals surface area contributed by atoms with E-state index in [1.807, 2.05) is 6.07 Å². The Morgan fingerprint density at radius 2 is 2.06 bits per heavy atom. The Hall–Kier alpha value is -1.26. The number of ether oxygens (including phenoxy) is 2. The van der Waals surface area contributed by atoms with Crippen molar-refractivity contribution in [3.8, 4) is 11.5 Å². The van der Waals surface area contributed by atoms with E-state index >= 15 is 0 Å². The Kier molecular flexibility index (Phi) is 3.86. The largest absolute Gasteiger partial charge is 0.454 e. The van der Waals surface area contributed by atoms with E-state index in [0.29, 0.717) is 12.8 Å². The lowest BCUT2D eigenvalue weighted by Gasteiger charge is -2.16. The van der Waals surface area contributed by atoms with Crippen molar-refractivity contribution in [2.24, 2.45) is 0 Å². The summed E-state index contributed by atoms with van der Waals surface area (Å²) in [6.07, 6.45) is 0. The summed E-state index contributed by atoms with van der Waals surface area (Å²) in [5.41, 5.74) is 1.23. The van der Waals surface area contributed by atoms with Crippen molar-refractivity contribution < 1.29 is 9.47 Å². The second kappa shape index (κ2) is 5.38. The van der Waals surface area contributed by atoms with Crippen LogP contribution in [0.4, 0.5) is 0 Å². The molecule has 4 nitrogen and oxygen atoms in total. The van der Waals surface area contributed by atoms with Crippen LogP contribution < -0.4 is 14.8 Å². The van der Waals surface area contributed by atoms with Gasteiger partial charge in [-0.1, -0.05) is 6.07 Å².